The summed E-state index contributed by atoms with van der Waals surface area (Å²) in [6.07, 6.45) is 0.147. The van der Waals surface area contributed by atoms with Crippen LogP contribution >= 0.6 is 0 Å². The molecular weight excluding hydrogens is 392 g/mol. The van der Waals surface area contributed by atoms with Gasteiger partial charge in [-0.2, -0.15) is 18.3 Å². The number of aromatic hydroxyl groups is 1. The Morgan fingerprint density at radius 1 is 1.14 bits per heavy atom. The Balaban J connectivity index is 1.57. The third-order valence-electron chi connectivity index (χ3n) is 5.53. The van der Waals surface area contributed by atoms with Crippen molar-refractivity contribution in [2.24, 2.45) is 0 Å². The van der Waals surface area contributed by atoms with Crippen LogP contribution in [0, 0.1) is 5.82 Å². The molecule has 2 fully saturated rings. The molecule has 0 amide bonds. The molecule has 1 N–H and O–H groups in total. The van der Waals surface area contributed by atoms with Crippen molar-refractivity contribution in [2.45, 2.75) is 24.6 Å². The smallest absolute Gasteiger partial charge is 0.419 e. The fourth-order valence-electron chi connectivity index (χ4n) is 3.84. The van der Waals surface area contributed by atoms with Crippen LogP contribution < -0.4 is 4.90 Å². The molecule has 6 nitrogen and oxygen atoms in total. The number of fused-ring (bicyclic) bond motifs is 1. The molecule has 1 aliphatic heterocycles. The van der Waals surface area contributed by atoms with Crippen molar-refractivity contribution in [1.29, 1.82) is 0 Å². The van der Waals surface area contributed by atoms with Crippen LogP contribution in [0.2, 0.25) is 0 Å². The van der Waals surface area contributed by atoms with Gasteiger partial charge in [0.2, 0.25) is 0 Å². The lowest BCUT2D eigenvalue weighted by Gasteiger charge is -2.37. The zero-order chi connectivity index (χ0) is 20.4. The van der Waals surface area contributed by atoms with Crippen molar-refractivity contribution in [3.63, 3.8) is 0 Å². The van der Waals surface area contributed by atoms with Gasteiger partial charge in [0, 0.05) is 18.0 Å². The number of morpholine rings is 1. The van der Waals surface area contributed by atoms with E-state index in [1.165, 1.54) is 17.1 Å². The van der Waals surface area contributed by atoms with Gasteiger partial charge in [-0.25, -0.2) is 14.1 Å². The van der Waals surface area contributed by atoms with Crippen LogP contribution in [0.4, 0.5) is 23.4 Å². The Hall–Kier alpha value is -2.88. The molecule has 0 radical (unpaired) electrons. The quantitative estimate of drug-likeness (QED) is 0.656. The Morgan fingerprint density at radius 2 is 1.93 bits per heavy atom. The Bertz CT molecular complexity index is 1110. The van der Waals surface area contributed by atoms with Gasteiger partial charge in [0.15, 0.2) is 11.6 Å². The molecule has 1 aliphatic carbocycles. The van der Waals surface area contributed by atoms with E-state index >= 15 is 0 Å². The van der Waals surface area contributed by atoms with Crippen LogP contribution in [-0.4, -0.2) is 45.2 Å². The Labute approximate surface area is 162 Å². The average Bonchev–Trinajstić information content (AvgIpc) is 3.30. The molecule has 5 rings (SSSR count). The van der Waals surface area contributed by atoms with Crippen LogP contribution in [0.1, 0.15) is 18.4 Å². The van der Waals surface area contributed by atoms with Gasteiger partial charge in [-0.3, -0.25) is 0 Å². The zero-order valence-corrected chi connectivity index (χ0v) is 15.1. The Morgan fingerprint density at radius 3 is 2.66 bits per heavy atom. The van der Waals surface area contributed by atoms with Gasteiger partial charge in [0.05, 0.1) is 47.9 Å². The number of halogens is 4. The van der Waals surface area contributed by atoms with E-state index in [0.29, 0.717) is 36.7 Å². The molecule has 152 valence electrons. The molecule has 3 aromatic rings. The van der Waals surface area contributed by atoms with Gasteiger partial charge in [-0.1, -0.05) is 0 Å². The highest BCUT2D eigenvalue weighted by Gasteiger charge is 2.50. The van der Waals surface area contributed by atoms with Crippen molar-refractivity contribution in [1.82, 2.24) is 14.8 Å². The number of hydrogen-bond donors (Lipinski definition) is 1. The van der Waals surface area contributed by atoms with Crippen LogP contribution in [0.5, 0.6) is 5.75 Å². The molecule has 0 atom stereocenters. The van der Waals surface area contributed by atoms with Crippen molar-refractivity contribution in [3.05, 3.63) is 42.0 Å². The normalized spacial score (nSPS) is 18.6. The number of benzene rings is 1. The number of nitrogens with zero attached hydrogens (tertiary/aromatic N) is 4. The predicted molar refractivity (Wildman–Crippen MR) is 95.6 cm³/mol. The van der Waals surface area contributed by atoms with E-state index in [9.17, 15) is 22.7 Å². The van der Waals surface area contributed by atoms with E-state index in [1.807, 2.05) is 6.07 Å². The number of phenols is 1. The van der Waals surface area contributed by atoms with Crippen molar-refractivity contribution in [3.8, 4) is 11.4 Å². The monoisotopic (exact) mass is 408 g/mol. The summed E-state index contributed by atoms with van der Waals surface area (Å²) in [7, 11) is 0. The standard InChI is InChI=1S/C19H16F4N4O2/c20-17-13(19(21,22)23)6-12(7-15(17)28)27-14-9-24-16(5-11(14)8-25-27)26-3-4-29-10-18(26)1-2-18/h5-9,28H,1-4,10H2. The fourth-order valence-corrected chi connectivity index (χ4v) is 3.84. The van der Waals surface area contributed by atoms with Gasteiger partial charge in [-0.05, 0) is 25.0 Å². The Kier molecular flexibility index (Phi) is 3.79. The number of hydrogen-bond acceptors (Lipinski definition) is 5. The van der Waals surface area contributed by atoms with Crippen molar-refractivity contribution < 1.29 is 27.4 Å². The first-order valence-electron chi connectivity index (χ1n) is 9.08. The summed E-state index contributed by atoms with van der Waals surface area (Å²) in [5, 5.41) is 14.4. The summed E-state index contributed by atoms with van der Waals surface area (Å²) in [4.78, 5) is 6.69. The molecule has 10 heteroatoms. The molecule has 2 aliphatic rings. The molecule has 29 heavy (non-hydrogen) atoms. The fraction of sp³-hybridized carbons (Fsp3) is 0.368. The van der Waals surface area contributed by atoms with Gasteiger partial charge >= 0.3 is 6.18 Å². The molecule has 1 saturated carbocycles. The van der Waals surface area contributed by atoms with Gasteiger partial charge in [0.1, 0.15) is 5.82 Å². The summed E-state index contributed by atoms with van der Waals surface area (Å²) in [6, 6.07) is 3.36. The van der Waals surface area contributed by atoms with Crippen molar-refractivity contribution in [2.75, 3.05) is 24.7 Å². The van der Waals surface area contributed by atoms with Crippen LogP contribution in [0.15, 0.2) is 30.6 Å². The number of pyridine rings is 1. The number of aromatic nitrogens is 3. The number of phenolic OH excluding ortho intramolecular Hbond substituents is 1. The molecule has 1 spiro atoms. The molecule has 1 aromatic carbocycles. The topological polar surface area (TPSA) is 63.4 Å². The maximum Gasteiger partial charge on any atom is 0.419 e. The second-order valence-electron chi connectivity index (χ2n) is 7.41. The second kappa shape index (κ2) is 6.06. The molecular formula is C19H16F4N4O2. The zero-order valence-electron chi connectivity index (χ0n) is 15.1. The summed E-state index contributed by atoms with van der Waals surface area (Å²) in [6.45, 7) is 1.98. The summed E-state index contributed by atoms with van der Waals surface area (Å²) < 4.78 is 59.8. The van der Waals surface area contributed by atoms with Crippen molar-refractivity contribution >= 4 is 16.7 Å². The maximum absolute atomic E-state index is 13.7. The average molecular weight is 408 g/mol. The second-order valence-corrected chi connectivity index (χ2v) is 7.41. The molecule has 2 aromatic heterocycles. The molecule has 1 saturated heterocycles. The lowest BCUT2D eigenvalue weighted by Crippen LogP contribution is -2.48. The van der Waals surface area contributed by atoms with Gasteiger partial charge < -0.3 is 14.7 Å². The van der Waals surface area contributed by atoms with Crippen LogP contribution in [0.3, 0.4) is 0 Å². The molecule has 3 heterocycles. The SMILES string of the molecule is Oc1cc(-n2ncc3cc(N4CCOCC45CC5)ncc32)cc(C(F)(F)F)c1F. The third-order valence-corrected chi connectivity index (χ3v) is 5.53. The number of anilines is 1. The number of rotatable bonds is 2. The lowest BCUT2D eigenvalue weighted by atomic mass is 10.1. The minimum Gasteiger partial charge on any atom is -0.505 e. The number of ether oxygens (including phenoxy) is 1. The van der Waals surface area contributed by atoms with Gasteiger partial charge in [0.25, 0.3) is 0 Å². The van der Waals surface area contributed by atoms with E-state index in [1.54, 1.807) is 0 Å². The summed E-state index contributed by atoms with van der Waals surface area (Å²) in [5.41, 5.74) is -1.22. The number of alkyl halides is 3. The lowest BCUT2D eigenvalue weighted by molar-refractivity contribution is -0.140. The minimum atomic E-state index is -4.94. The highest BCUT2D eigenvalue weighted by molar-refractivity contribution is 5.82. The minimum absolute atomic E-state index is 0.0146. The molecule has 0 bridgehead atoms. The van der Waals surface area contributed by atoms with E-state index < -0.39 is 23.3 Å². The largest absolute Gasteiger partial charge is 0.505 e. The van der Waals surface area contributed by atoms with E-state index in [0.717, 1.165) is 24.7 Å². The first kappa shape index (κ1) is 18.2. The third kappa shape index (κ3) is 2.89. The first-order chi connectivity index (χ1) is 13.8. The van der Waals surface area contributed by atoms with E-state index in [4.69, 9.17) is 4.74 Å². The molecule has 0 unspecified atom stereocenters. The highest BCUT2D eigenvalue weighted by Crippen LogP contribution is 2.45. The summed E-state index contributed by atoms with van der Waals surface area (Å²) >= 11 is 0. The first-order valence-corrected chi connectivity index (χ1v) is 9.08. The highest BCUT2D eigenvalue weighted by atomic mass is 19.4. The summed E-state index contributed by atoms with van der Waals surface area (Å²) in [5.74, 6) is -2.04. The van der Waals surface area contributed by atoms with Crippen LogP contribution in [-0.2, 0) is 10.9 Å². The van der Waals surface area contributed by atoms with Crippen LogP contribution in [0.25, 0.3) is 16.6 Å². The maximum atomic E-state index is 13.7. The van der Waals surface area contributed by atoms with E-state index in [-0.39, 0.29) is 11.2 Å². The van der Waals surface area contributed by atoms with E-state index in [2.05, 4.69) is 15.0 Å². The predicted octanol–water partition coefficient (Wildman–Crippen LogP) is 3.65. The van der Waals surface area contributed by atoms with Gasteiger partial charge in [-0.15, -0.1) is 0 Å².